The molecule has 0 aromatic heterocycles. The summed E-state index contributed by atoms with van der Waals surface area (Å²) in [6.45, 7) is 35.0. The third-order valence-electron chi connectivity index (χ3n) is 14.9. The topological polar surface area (TPSA) is 58.9 Å². The number of ether oxygens (including phenoxy) is 1. The molecular weight excluding hydrogens is 561 g/mol. The Morgan fingerprint density at radius 3 is 2.20 bits per heavy atom. The zero-order valence-corrected chi connectivity index (χ0v) is 32.0. The Morgan fingerprint density at radius 2 is 1.64 bits per heavy atom. The molecule has 2 N–H and O–H groups in total. The third-order valence-corrected chi connectivity index (χ3v) is 19.3. The van der Waals surface area contributed by atoms with Gasteiger partial charge in [0, 0.05) is 0 Å². The van der Waals surface area contributed by atoms with Gasteiger partial charge < -0.3 is 19.4 Å². The molecule has 0 heterocycles. The first-order valence-corrected chi connectivity index (χ1v) is 20.8. The molecule has 4 saturated carbocycles. The van der Waals surface area contributed by atoms with Crippen molar-refractivity contribution in [3.8, 4) is 0 Å². The van der Waals surface area contributed by atoms with Crippen LogP contribution in [0.1, 0.15) is 128 Å². The summed E-state index contributed by atoms with van der Waals surface area (Å²) in [5, 5.41) is 24.6. The van der Waals surface area contributed by atoms with Gasteiger partial charge in [0.2, 0.25) is 0 Å². The summed E-state index contributed by atoms with van der Waals surface area (Å²) >= 11 is 0. The van der Waals surface area contributed by atoms with E-state index in [-0.39, 0.29) is 62.8 Å². The largest absolute Gasteiger partial charge is 0.413 e. The molecule has 4 aliphatic carbocycles. The fourth-order valence-corrected chi connectivity index (χ4v) is 13.0. The molecule has 4 aliphatic rings. The molecule has 4 nitrogen and oxygen atoms in total. The lowest BCUT2D eigenvalue weighted by molar-refractivity contribution is -0.276. The monoisotopic (exact) mass is 631 g/mol. The van der Waals surface area contributed by atoms with E-state index in [2.05, 4.69) is 102 Å². The molecule has 0 saturated heterocycles. The van der Waals surface area contributed by atoms with E-state index in [1.807, 2.05) is 6.08 Å². The molecule has 0 radical (unpaired) electrons. The number of fused-ring (bicyclic) bond motifs is 5. The Bertz CT molecular complexity index is 1080. The van der Waals surface area contributed by atoms with E-state index in [4.69, 9.17) is 9.16 Å². The number of hydrogen-bond donors (Lipinski definition) is 2. The second kappa shape index (κ2) is 11.9. The molecule has 0 unspecified atom stereocenters. The van der Waals surface area contributed by atoms with E-state index in [0.717, 1.165) is 51.4 Å². The molecule has 0 aromatic rings. The van der Waals surface area contributed by atoms with Crippen LogP contribution in [0.3, 0.4) is 0 Å². The molecule has 0 bridgehead atoms. The molecule has 5 heteroatoms. The van der Waals surface area contributed by atoms with Gasteiger partial charge in [-0.1, -0.05) is 73.1 Å². The summed E-state index contributed by atoms with van der Waals surface area (Å²) in [5.41, 5.74) is 0.338. The molecule has 44 heavy (non-hydrogen) atoms. The van der Waals surface area contributed by atoms with E-state index < -0.39 is 13.9 Å². The second-order valence-electron chi connectivity index (χ2n) is 19.1. The Hall–Kier alpha value is -0.463. The summed E-state index contributed by atoms with van der Waals surface area (Å²) in [7, 11) is -1.97. The van der Waals surface area contributed by atoms with Crippen LogP contribution in [-0.2, 0) is 9.16 Å². The van der Waals surface area contributed by atoms with Gasteiger partial charge in [-0.25, -0.2) is 0 Å². The van der Waals surface area contributed by atoms with Crippen LogP contribution in [-0.4, -0.2) is 49.1 Å². The molecule has 0 aliphatic heterocycles. The number of hydrogen-bond acceptors (Lipinski definition) is 4. The predicted octanol–water partition coefficient (Wildman–Crippen LogP) is 9.71. The fraction of sp³-hybridized carbons (Fsp3) is 0.897. The zero-order valence-electron chi connectivity index (χ0n) is 31.0. The van der Waals surface area contributed by atoms with E-state index >= 15 is 0 Å². The van der Waals surface area contributed by atoms with Crippen molar-refractivity contribution in [2.45, 2.75) is 170 Å². The zero-order chi connectivity index (χ0) is 33.3. The third kappa shape index (κ3) is 5.79. The lowest BCUT2D eigenvalue weighted by atomic mass is 9.34. The van der Waals surface area contributed by atoms with Crippen LogP contribution >= 0.6 is 0 Å². The summed E-state index contributed by atoms with van der Waals surface area (Å²) in [5.74, 6) is 1.03. The van der Waals surface area contributed by atoms with Crippen molar-refractivity contribution in [1.82, 2.24) is 0 Å². The molecule has 4 rings (SSSR count). The highest BCUT2D eigenvalue weighted by Crippen LogP contribution is 2.76. The van der Waals surface area contributed by atoms with Crippen molar-refractivity contribution in [3.63, 3.8) is 0 Å². The number of aliphatic hydroxyl groups is 2. The minimum absolute atomic E-state index is 0.0168. The molecule has 0 spiro atoms. The standard InChI is InChI=1S/C39H70O4Si/c1-15-23-42-29-24-30-36(9)21-19-31(43-44(13,14)34(4,5)6)35(7,8)33(36)28(40)25-38(30,11)37(10)22-18-27(32(29)37)39(12,41)20-16-17-26(2)3/h15,17,27-33,40-41H,1,16,18-25H2,2-14H3/t27-,28-,29+,30+,31-,32-,33-,36+,37+,38+,39-/m0/s1. The van der Waals surface area contributed by atoms with Gasteiger partial charge in [0.15, 0.2) is 8.32 Å². The highest BCUT2D eigenvalue weighted by molar-refractivity contribution is 6.74. The van der Waals surface area contributed by atoms with E-state index in [1.165, 1.54) is 5.57 Å². The predicted molar refractivity (Wildman–Crippen MR) is 187 cm³/mol. The maximum atomic E-state index is 12.4. The Balaban J connectivity index is 1.73. The first-order valence-electron chi connectivity index (χ1n) is 17.9. The van der Waals surface area contributed by atoms with Crippen molar-refractivity contribution in [2.24, 2.45) is 45.3 Å². The summed E-state index contributed by atoms with van der Waals surface area (Å²) in [6, 6.07) is 0. The fourth-order valence-electron chi connectivity index (χ4n) is 11.5. The van der Waals surface area contributed by atoms with E-state index in [1.54, 1.807) is 0 Å². The molecule has 254 valence electrons. The van der Waals surface area contributed by atoms with Gasteiger partial charge in [0.05, 0.1) is 30.5 Å². The second-order valence-corrected chi connectivity index (χ2v) is 23.9. The van der Waals surface area contributed by atoms with Gasteiger partial charge in [0.25, 0.3) is 0 Å². The maximum Gasteiger partial charge on any atom is 0.192 e. The summed E-state index contributed by atoms with van der Waals surface area (Å²) in [6.07, 6.45) is 11.7. The van der Waals surface area contributed by atoms with Crippen LogP contribution in [0.15, 0.2) is 24.3 Å². The van der Waals surface area contributed by atoms with Gasteiger partial charge in [-0.15, -0.1) is 6.58 Å². The molecular formula is C39H70O4Si. The molecule has 0 amide bonds. The molecule has 11 atom stereocenters. The normalized spacial score (nSPS) is 43.3. The van der Waals surface area contributed by atoms with Crippen molar-refractivity contribution in [2.75, 3.05) is 6.61 Å². The number of rotatable bonds is 9. The van der Waals surface area contributed by atoms with Gasteiger partial charge in [-0.05, 0) is 136 Å². The Morgan fingerprint density at radius 1 is 1.00 bits per heavy atom. The van der Waals surface area contributed by atoms with Gasteiger partial charge in [0.1, 0.15) is 0 Å². The van der Waals surface area contributed by atoms with Gasteiger partial charge >= 0.3 is 0 Å². The first-order chi connectivity index (χ1) is 20.0. The van der Waals surface area contributed by atoms with Crippen LogP contribution in [0.5, 0.6) is 0 Å². The molecule has 0 aromatic carbocycles. The summed E-state index contributed by atoms with van der Waals surface area (Å²) < 4.78 is 14.0. The van der Waals surface area contributed by atoms with Crippen LogP contribution in [0, 0.1) is 45.3 Å². The van der Waals surface area contributed by atoms with Crippen molar-refractivity contribution < 1.29 is 19.4 Å². The van der Waals surface area contributed by atoms with Gasteiger partial charge in [-0.3, -0.25) is 0 Å². The number of aliphatic hydroxyl groups excluding tert-OH is 1. The van der Waals surface area contributed by atoms with Crippen LogP contribution < -0.4 is 0 Å². The average Bonchev–Trinajstić information content (AvgIpc) is 3.24. The van der Waals surface area contributed by atoms with Crippen LogP contribution in [0.25, 0.3) is 0 Å². The Labute approximate surface area is 273 Å². The lowest BCUT2D eigenvalue weighted by Gasteiger charge is -2.72. The molecule has 4 fully saturated rings. The van der Waals surface area contributed by atoms with Gasteiger partial charge in [-0.2, -0.15) is 0 Å². The van der Waals surface area contributed by atoms with Crippen LogP contribution in [0.4, 0.5) is 0 Å². The average molecular weight is 631 g/mol. The van der Waals surface area contributed by atoms with Crippen molar-refractivity contribution in [3.05, 3.63) is 24.3 Å². The SMILES string of the molecule is C=CCO[C@@H]1C[C@@H]2[C@@]3(C)CC[C@H](O[Si](C)(C)C(C)(C)C)C(C)(C)[C@@H]3[C@@H](O)C[C@@]2(C)[C@]2(C)CC[C@H]([C@@](C)(O)CCC=C(C)C)[C@@H]12. The van der Waals surface area contributed by atoms with Crippen LogP contribution in [0.2, 0.25) is 18.1 Å². The first kappa shape index (κ1) is 36.4. The highest BCUT2D eigenvalue weighted by atomic mass is 28.4. The quantitative estimate of drug-likeness (QED) is 0.197. The van der Waals surface area contributed by atoms with E-state index in [9.17, 15) is 10.2 Å². The minimum Gasteiger partial charge on any atom is -0.413 e. The van der Waals surface area contributed by atoms with Crippen molar-refractivity contribution >= 4 is 8.32 Å². The maximum absolute atomic E-state index is 12.4. The van der Waals surface area contributed by atoms with E-state index in [0.29, 0.717) is 12.5 Å². The number of allylic oxidation sites excluding steroid dienone is 2. The smallest absolute Gasteiger partial charge is 0.192 e. The highest BCUT2D eigenvalue weighted by Gasteiger charge is 2.73. The summed E-state index contributed by atoms with van der Waals surface area (Å²) in [4.78, 5) is 0. The van der Waals surface area contributed by atoms with Crippen molar-refractivity contribution in [1.29, 1.82) is 0 Å². The lowest BCUT2D eigenvalue weighted by Crippen LogP contribution is -2.70. The minimum atomic E-state index is -1.97. The Kier molecular flexibility index (Phi) is 9.84.